The predicted molar refractivity (Wildman–Crippen MR) is 160 cm³/mol. The highest BCUT2D eigenvalue weighted by Crippen LogP contribution is 2.25. The van der Waals surface area contributed by atoms with Crippen LogP contribution in [0.15, 0.2) is 48.5 Å². The molecule has 4 amide bonds. The fourth-order valence-corrected chi connectivity index (χ4v) is 6.00. The summed E-state index contributed by atoms with van der Waals surface area (Å²) in [5.41, 5.74) is 1.73. The lowest BCUT2D eigenvalue weighted by Gasteiger charge is -2.39. The second kappa shape index (κ2) is 14.5. The first-order valence-corrected chi connectivity index (χ1v) is 15.5. The van der Waals surface area contributed by atoms with Gasteiger partial charge in [-0.25, -0.2) is 0 Å². The third-order valence-electron chi connectivity index (χ3n) is 8.44. The lowest BCUT2D eigenvalue weighted by atomic mass is 10.0. The van der Waals surface area contributed by atoms with E-state index in [1.165, 1.54) is 4.90 Å². The SMILES string of the molecule is CCN1CC(=O)N[C@H]2CN(C(=O)CCN3CCCCCC3=O)CC[C@@H]2OCc2cccc(c2)Oc2cccc(c2)CC1=O. The van der Waals surface area contributed by atoms with E-state index in [9.17, 15) is 19.2 Å². The van der Waals surface area contributed by atoms with Gasteiger partial charge in [0, 0.05) is 45.6 Å². The topological polar surface area (TPSA) is 108 Å². The number of amides is 4. The highest BCUT2D eigenvalue weighted by molar-refractivity contribution is 5.86. The van der Waals surface area contributed by atoms with Gasteiger partial charge in [0.25, 0.3) is 0 Å². The van der Waals surface area contributed by atoms with Crippen LogP contribution in [0.5, 0.6) is 11.5 Å². The Morgan fingerprint density at radius 1 is 0.930 bits per heavy atom. The van der Waals surface area contributed by atoms with Crippen molar-refractivity contribution in [2.75, 3.05) is 39.3 Å². The van der Waals surface area contributed by atoms with Crippen molar-refractivity contribution in [3.63, 3.8) is 0 Å². The Morgan fingerprint density at radius 2 is 1.70 bits per heavy atom. The van der Waals surface area contributed by atoms with Crippen LogP contribution in [0.4, 0.5) is 0 Å². The molecular weight excluding hydrogens is 548 g/mol. The fourth-order valence-electron chi connectivity index (χ4n) is 6.00. The van der Waals surface area contributed by atoms with Crippen LogP contribution in [0.2, 0.25) is 0 Å². The molecule has 2 aromatic rings. The van der Waals surface area contributed by atoms with Crippen molar-refractivity contribution in [3.05, 3.63) is 59.7 Å². The summed E-state index contributed by atoms with van der Waals surface area (Å²) >= 11 is 0. The molecule has 4 bridgehead atoms. The van der Waals surface area contributed by atoms with Gasteiger partial charge in [-0.3, -0.25) is 19.2 Å². The molecule has 2 fully saturated rings. The number of hydrogen-bond acceptors (Lipinski definition) is 6. The average molecular weight is 591 g/mol. The van der Waals surface area contributed by atoms with E-state index in [0.29, 0.717) is 63.7 Å². The van der Waals surface area contributed by atoms with Crippen molar-refractivity contribution in [1.29, 1.82) is 0 Å². The third-order valence-corrected chi connectivity index (χ3v) is 8.44. The molecule has 0 unspecified atom stereocenters. The van der Waals surface area contributed by atoms with Crippen LogP contribution in [0, 0.1) is 0 Å². The van der Waals surface area contributed by atoms with E-state index in [2.05, 4.69) is 5.32 Å². The maximum atomic E-state index is 13.3. The molecule has 2 aromatic carbocycles. The van der Waals surface area contributed by atoms with Gasteiger partial charge >= 0.3 is 0 Å². The minimum Gasteiger partial charge on any atom is -0.457 e. The molecule has 3 aliphatic heterocycles. The molecule has 3 aliphatic rings. The first-order chi connectivity index (χ1) is 20.9. The molecule has 5 rings (SSSR count). The number of nitrogens with zero attached hydrogens (tertiary/aromatic N) is 3. The predicted octanol–water partition coefficient (Wildman–Crippen LogP) is 3.28. The molecular formula is C33H42N4O6. The minimum atomic E-state index is -0.441. The summed E-state index contributed by atoms with van der Waals surface area (Å²) in [5, 5.41) is 3.08. The molecule has 0 saturated carbocycles. The quantitative estimate of drug-likeness (QED) is 0.586. The Bertz CT molecular complexity index is 1320. The summed E-state index contributed by atoms with van der Waals surface area (Å²) in [4.78, 5) is 57.2. The van der Waals surface area contributed by atoms with Crippen molar-refractivity contribution < 1.29 is 28.7 Å². The molecule has 0 spiro atoms. The number of piperidine rings is 1. The maximum Gasteiger partial charge on any atom is 0.239 e. The second-order valence-corrected chi connectivity index (χ2v) is 11.6. The Kier molecular flexibility index (Phi) is 10.3. The van der Waals surface area contributed by atoms with Gasteiger partial charge in [-0.05, 0) is 61.6 Å². The highest BCUT2D eigenvalue weighted by atomic mass is 16.5. The molecule has 10 heteroatoms. The normalized spacial score (nSPS) is 22.2. The van der Waals surface area contributed by atoms with E-state index in [1.54, 1.807) is 9.80 Å². The zero-order chi connectivity index (χ0) is 30.2. The van der Waals surface area contributed by atoms with Crippen molar-refractivity contribution in [2.24, 2.45) is 0 Å². The number of rotatable bonds is 4. The van der Waals surface area contributed by atoms with Crippen molar-refractivity contribution in [3.8, 4) is 11.5 Å². The monoisotopic (exact) mass is 590 g/mol. The zero-order valence-corrected chi connectivity index (χ0v) is 25.0. The Balaban J connectivity index is 1.31. The number of benzene rings is 2. The molecule has 230 valence electrons. The number of ether oxygens (including phenoxy) is 2. The smallest absolute Gasteiger partial charge is 0.239 e. The Labute approximate surface area is 253 Å². The summed E-state index contributed by atoms with van der Waals surface area (Å²) in [5.74, 6) is 0.933. The molecule has 2 saturated heterocycles. The first-order valence-electron chi connectivity index (χ1n) is 15.5. The van der Waals surface area contributed by atoms with E-state index in [-0.39, 0.29) is 49.1 Å². The van der Waals surface area contributed by atoms with Gasteiger partial charge in [0.2, 0.25) is 23.6 Å². The molecule has 43 heavy (non-hydrogen) atoms. The Hall–Kier alpha value is -3.92. The van der Waals surface area contributed by atoms with Crippen LogP contribution in [-0.4, -0.2) is 89.7 Å². The average Bonchev–Trinajstić information content (AvgIpc) is 3.21. The number of hydrogen-bond donors (Lipinski definition) is 1. The van der Waals surface area contributed by atoms with E-state index in [4.69, 9.17) is 9.47 Å². The molecule has 0 radical (unpaired) electrons. The van der Waals surface area contributed by atoms with E-state index >= 15 is 0 Å². The third kappa shape index (κ3) is 8.34. The van der Waals surface area contributed by atoms with Gasteiger partial charge in [0.15, 0.2) is 0 Å². The summed E-state index contributed by atoms with van der Waals surface area (Å²) in [6, 6.07) is 14.6. The molecule has 2 atom stereocenters. The second-order valence-electron chi connectivity index (χ2n) is 11.6. The first kappa shape index (κ1) is 30.5. The Morgan fingerprint density at radius 3 is 2.49 bits per heavy atom. The van der Waals surface area contributed by atoms with Crippen LogP contribution < -0.4 is 10.1 Å². The number of nitrogens with one attached hydrogen (secondary N) is 1. The van der Waals surface area contributed by atoms with Crippen LogP contribution in [0.25, 0.3) is 0 Å². The summed E-state index contributed by atoms with van der Waals surface area (Å²) in [6.07, 6.45) is 4.09. The number of carbonyl (C=O) groups is 4. The zero-order valence-electron chi connectivity index (χ0n) is 25.0. The molecule has 1 N–H and O–H groups in total. The van der Waals surface area contributed by atoms with Gasteiger partial charge in [0.05, 0.1) is 31.7 Å². The van der Waals surface area contributed by atoms with Crippen molar-refractivity contribution in [1.82, 2.24) is 20.0 Å². The highest BCUT2D eigenvalue weighted by Gasteiger charge is 2.34. The van der Waals surface area contributed by atoms with Crippen LogP contribution in [-0.2, 0) is 36.9 Å². The molecule has 3 heterocycles. The van der Waals surface area contributed by atoms with Crippen molar-refractivity contribution in [2.45, 2.75) is 70.6 Å². The van der Waals surface area contributed by atoms with Gasteiger partial charge in [-0.1, -0.05) is 30.7 Å². The summed E-state index contributed by atoms with van der Waals surface area (Å²) < 4.78 is 12.4. The van der Waals surface area contributed by atoms with Crippen LogP contribution >= 0.6 is 0 Å². The van der Waals surface area contributed by atoms with Crippen LogP contribution in [0.1, 0.15) is 56.6 Å². The van der Waals surface area contributed by atoms with Gasteiger partial charge in [0.1, 0.15) is 11.5 Å². The minimum absolute atomic E-state index is 0.0369. The fraction of sp³-hybridized carbons (Fsp3) is 0.515. The van der Waals surface area contributed by atoms with Gasteiger partial charge in [-0.2, -0.15) is 0 Å². The van der Waals surface area contributed by atoms with Crippen molar-refractivity contribution >= 4 is 23.6 Å². The maximum absolute atomic E-state index is 13.3. The molecule has 0 aliphatic carbocycles. The van der Waals surface area contributed by atoms with Gasteiger partial charge < -0.3 is 29.5 Å². The summed E-state index contributed by atoms with van der Waals surface area (Å²) in [7, 11) is 0. The lowest BCUT2D eigenvalue weighted by molar-refractivity contribution is -0.139. The van der Waals surface area contributed by atoms with Gasteiger partial charge in [-0.15, -0.1) is 0 Å². The molecule has 0 aromatic heterocycles. The number of likely N-dealkylation sites (N-methyl/N-ethyl adjacent to an activating group) is 1. The number of carbonyl (C=O) groups excluding carboxylic acids is 4. The van der Waals surface area contributed by atoms with E-state index in [1.807, 2.05) is 55.5 Å². The lowest BCUT2D eigenvalue weighted by Crippen LogP contribution is -2.58. The van der Waals surface area contributed by atoms with E-state index < -0.39 is 6.04 Å². The largest absolute Gasteiger partial charge is 0.457 e. The summed E-state index contributed by atoms with van der Waals surface area (Å²) in [6.45, 7) is 4.39. The number of fused-ring (bicyclic) bond motifs is 5. The standard InChI is InChI=1S/C33H42N4O6/c1-2-35-22-30(38)34-28-21-37(32(40)14-17-36-15-5-3-4-12-31(36)39)16-13-29(28)42-23-25-9-7-11-27(19-25)43-26-10-6-8-24(18-26)20-33(35)41/h6-11,18-19,28-29H,2-5,12-17,20-23H2,1H3,(H,34,38)/t28-,29-/m0/s1. The van der Waals surface area contributed by atoms with Crippen LogP contribution in [0.3, 0.4) is 0 Å². The molecule has 10 nitrogen and oxygen atoms in total. The number of likely N-dealkylation sites (tertiary alicyclic amines) is 2. The van der Waals surface area contributed by atoms with E-state index in [0.717, 1.165) is 30.4 Å².